The maximum atomic E-state index is 10.4. The third-order valence-corrected chi connectivity index (χ3v) is 4.09. The minimum Gasteiger partial charge on any atom is -0.507 e. The number of hydrogen-bond donors (Lipinski definition) is 2. The van der Waals surface area contributed by atoms with Crippen molar-refractivity contribution in [1.29, 1.82) is 0 Å². The second-order valence-corrected chi connectivity index (χ2v) is 5.84. The molecule has 7 heteroatoms. The summed E-state index contributed by atoms with van der Waals surface area (Å²) in [7, 11) is 1.59. The Labute approximate surface area is 156 Å². The van der Waals surface area contributed by atoms with Crippen molar-refractivity contribution in [3.8, 4) is 22.9 Å². The van der Waals surface area contributed by atoms with Gasteiger partial charge in [-0.2, -0.15) is 14.9 Å². The van der Waals surface area contributed by atoms with Gasteiger partial charge in [0.25, 0.3) is 0 Å². The van der Waals surface area contributed by atoms with Gasteiger partial charge in [0.1, 0.15) is 11.5 Å². The lowest BCUT2D eigenvalue weighted by Crippen LogP contribution is -1.97. The van der Waals surface area contributed by atoms with E-state index in [2.05, 4.69) is 21.9 Å². The first-order chi connectivity index (χ1) is 12.7. The van der Waals surface area contributed by atoms with Crippen LogP contribution < -0.4 is 4.74 Å². The number of hydrogen-bond acceptors (Lipinski definition) is 5. The van der Waals surface area contributed by atoms with E-state index in [0.29, 0.717) is 28.3 Å². The number of phenols is 1. The van der Waals surface area contributed by atoms with E-state index in [9.17, 15) is 5.11 Å². The minimum atomic E-state index is 0.171. The number of aromatic hydroxyl groups is 1. The summed E-state index contributed by atoms with van der Waals surface area (Å²) >= 11 is 5.28. The largest absolute Gasteiger partial charge is 0.507 e. The molecule has 1 heterocycles. The molecule has 3 aromatic rings. The van der Waals surface area contributed by atoms with E-state index >= 15 is 0 Å². The number of allylic oxidation sites excluding steroid dienone is 1. The van der Waals surface area contributed by atoms with Gasteiger partial charge in [-0.1, -0.05) is 30.3 Å². The zero-order valence-corrected chi connectivity index (χ0v) is 15.0. The van der Waals surface area contributed by atoms with Gasteiger partial charge in [0.05, 0.1) is 18.9 Å². The molecule has 0 atom stereocenters. The van der Waals surface area contributed by atoms with Gasteiger partial charge in [-0.25, -0.2) is 5.10 Å². The van der Waals surface area contributed by atoms with Gasteiger partial charge < -0.3 is 9.84 Å². The van der Waals surface area contributed by atoms with Gasteiger partial charge in [-0.15, -0.1) is 6.58 Å². The van der Waals surface area contributed by atoms with Crippen molar-refractivity contribution in [1.82, 2.24) is 14.9 Å². The summed E-state index contributed by atoms with van der Waals surface area (Å²) in [5, 5.41) is 21.8. The molecule has 0 unspecified atom stereocenters. The van der Waals surface area contributed by atoms with E-state index in [0.717, 1.165) is 11.1 Å². The summed E-state index contributed by atoms with van der Waals surface area (Å²) < 4.78 is 7.22. The predicted molar refractivity (Wildman–Crippen MR) is 104 cm³/mol. The third kappa shape index (κ3) is 3.43. The van der Waals surface area contributed by atoms with Crippen molar-refractivity contribution in [3.05, 3.63) is 71.0 Å². The molecule has 0 aliphatic heterocycles. The van der Waals surface area contributed by atoms with Crippen molar-refractivity contribution in [2.45, 2.75) is 6.42 Å². The van der Waals surface area contributed by atoms with Crippen LogP contribution in [0.5, 0.6) is 11.5 Å². The highest BCUT2D eigenvalue weighted by molar-refractivity contribution is 7.71. The molecule has 0 fully saturated rings. The number of para-hydroxylation sites is 2. The summed E-state index contributed by atoms with van der Waals surface area (Å²) in [5.74, 6) is 1.35. The van der Waals surface area contributed by atoms with Crippen molar-refractivity contribution in [2.24, 2.45) is 5.10 Å². The first-order valence-corrected chi connectivity index (χ1v) is 8.33. The van der Waals surface area contributed by atoms with Crippen LogP contribution in [0.15, 0.2) is 60.2 Å². The Morgan fingerprint density at radius 3 is 2.88 bits per heavy atom. The number of aromatic amines is 1. The van der Waals surface area contributed by atoms with Crippen molar-refractivity contribution >= 4 is 18.4 Å². The highest BCUT2D eigenvalue weighted by atomic mass is 32.1. The number of methoxy groups -OCH3 is 1. The number of rotatable bonds is 6. The molecule has 3 rings (SSSR count). The topological polar surface area (TPSA) is 75.4 Å². The Kier molecular flexibility index (Phi) is 5.28. The van der Waals surface area contributed by atoms with Crippen LogP contribution in [0.25, 0.3) is 11.4 Å². The molecule has 2 aromatic carbocycles. The van der Waals surface area contributed by atoms with E-state index in [-0.39, 0.29) is 5.75 Å². The Bertz CT molecular complexity index is 1020. The standard InChI is InChI=1S/C19H18N4O2S/c1-3-7-13-8-6-9-14(17(13)24)12-20-23-18(21-22-19(23)26)15-10-4-5-11-16(15)25-2/h3-6,8-12,24H,1,7H2,2H3,(H,22,26). The van der Waals surface area contributed by atoms with Gasteiger partial charge >= 0.3 is 0 Å². The first-order valence-electron chi connectivity index (χ1n) is 7.92. The lowest BCUT2D eigenvalue weighted by Gasteiger charge is -2.07. The number of nitrogens with zero attached hydrogens (tertiary/aromatic N) is 3. The van der Waals surface area contributed by atoms with Crippen LogP contribution in [-0.2, 0) is 6.42 Å². The molecule has 0 aliphatic rings. The Hall–Kier alpha value is -3.19. The van der Waals surface area contributed by atoms with Crippen molar-refractivity contribution < 1.29 is 9.84 Å². The van der Waals surface area contributed by atoms with Gasteiger partial charge in [0, 0.05) is 5.56 Å². The van der Waals surface area contributed by atoms with Gasteiger partial charge in [0.15, 0.2) is 5.82 Å². The molecule has 0 aliphatic carbocycles. The maximum absolute atomic E-state index is 10.4. The monoisotopic (exact) mass is 366 g/mol. The quantitative estimate of drug-likeness (QED) is 0.394. The fourth-order valence-corrected chi connectivity index (χ4v) is 2.74. The van der Waals surface area contributed by atoms with Crippen LogP contribution in [0.3, 0.4) is 0 Å². The summed E-state index contributed by atoms with van der Waals surface area (Å²) in [6.07, 6.45) is 3.86. The van der Waals surface area contributed by atoms with E-state index in [1.807, 2.05) is 36.4 Å². The van der Waals surface area contributed by atoms with Crippen LogP contribution >= 0.6 is 12.2 Å². The fraction of sp³-hybridized carbons (Fsp3) is 0.105. The summed E-state index contributed by atoms with van der Waals surface area (Å²) in [5.41, 5.74) is 2.12. The Morgan fingerprint density at radius 1 is 1.31 bits per heavy atom. The SMILES string of the molecule is C=CCc1cccc(C=Nn2c(-c3ccccc3OC)n[nH]c2=S)c1O. The fourth-order valence-electron chi connectivity index (χ4n) is 2.56. The predicted octanol–water partition coefficient (Wildman–Crippen LogP) is 3.93. The van der Waals surface area contributed by atoms with Gasteiger partial charge in [0.2, 0.25) is 4.77 Å². The van der Waals surface area contributed by atoms with Crippen molar-refractivity contribution in [2.75, 3.05) is 7.11 Å². The molecule has 132 valence electrons. The molecule has 6 nitrogen and oxygen atoms in total. The molecule has 0 bridgehead atoms. The minimum absolute atomic E-state index is 0.171. The molecule has 0 amide bonds. The van der Waals surface area contributed by atoms with E-state index in [1.54, 1.807) is 25.5 Å². The normalized spacial score (nSPS) is 11.0. The number of H-pyrrole nitrogens is 1. The number of benzene rings is 2. The smallest absolute Gasteiger partial charge is 0.216 e. The van der Waals surface area contributed by atoms with Crippen LogP contribution in [0, 0.1) is 4.77 Å². The van der Waals surface area contributed by atoms with Crippen LogP contribution in [0.1, 0.15) is 11.1 Å². The molecule has 0 radical (unpaired) electrons. The highest BCUT2D eigenvalue weighted by Crippen LogP contribution is 2.28. The van der Waals surface area contributed by atoms with Gasteiger partial charge in [-0.05, 0) is 42.4 Å². The van der Waals surface area contributed by atoms with E-state index in [4.69, 9.17) is 17.0 Å². The maximum Gasteiger partial charge on any atom is 0.216 e. The van der Waals surface area contributed by atoms with Crippen LogP contribution in [-0.4, -0.2) is 33.3 Å². The molecule has 26 heavy (non-hydrogen) atoms. The summed E-state index contributed by atoms with van der Waals surface area (Å²) in [6.45, 7) is 3.70. The van der Waals surface area contributed by atoms with E-state index in [1.165, 1.54) is 4.68 Å². The van der Waals surface area contributed by atoms with Gasteiger partial charge in [-0.3, -0.25) is 0 Å². The molecule has 0 saturated carbocycles. The number of aromatic nitrogens is 3. The Morgan fingerprint density at radius 2 is 2.12 bits per heavy atom. The summed E-state index contributed by atoms with van der Waals surface area (Å²) in [6, 6.07) is 12.9. The lowest BCUT2D eigenvalue weighted by molar-refractivity contribution is 0.416. The Balaban J connectivity index is 2.03. The number of phenolic OH excluding ortho intramolecular Hbond substituents is 1. The van der Waals surface area contributed by atoms with Crippen LogP contribution in [0.4, 0.5) is 0 Å². The molecule has 0 spiro atoms. The first kappa shape index (κ1) is 17.6. The highest BCUT2D eigenvalue weighted by Gasteiger charge is 2.13. The molecule has 2 N–H and O–H groups in total. The zero-order chi connectivity index (χ0) is 18.5. The second-order valence-electron chi connectivity index (χ2n) is 5.46. The van der Waals surface area contributed by atoms with Crippen LogP contribution in [0.2, 0.25) is 0 Å². The average Bonchev–Trinajstić information content (AvgIpc) is 3.03. The number of ether oxygens (including phenoxy) is 1. The number of nitrogens with one attached hydrogen (secondary N) is 1. The molecule has 0 saturated heterocycles. The summed E-state index contributed by atoms with van der Waals surface area (Å²) in [4.78, 5) is 0. The molecular weight excluding hydrogens is 348 g/mol. The van der Waals surface area contributed by atoms with Crippen molar-refractivity contribution in [3.63, 3.8) is 0 Å². The molecular formula is C19H18N4O2S. The second kappa shape index (κ2) is 7.79. The third-order valence-electron chi connectivity index (χ3n) is 3.83. The van der Waals surface area contributed by atoms with E-state index < -0.39 is 0 Å². The average molecular weight is 366 g/mol. The molecule has 1 aromatic heterocycles. The zero-order valence-electron chi connectivity index (χ0n) is 14.2. The lowest BCUT2D eigenvalue weighted by atomic mass is 10.1.